The molecule has 0 radical (unpaired) electrons. The van der Waals surface area contributed by atoms with Gasteiger partial charge in [-0.25, -0.2) is 0 Å². The van der Waals surface area contributed by atoms with Gasteiger partial charge in [-0.2, -0.15) is 0 Å². The summed E-state index contributed by atoms with van der Waals surface area (Å²) in [6, 6.07) is 8.57. The molecule has 1 aliphatic rings. The average Bonchev–Trinajstić information content (AvgIpc) is 2.35. The van der Waals surface area contributed by atoms with E-state index in [9.17, 15) is 4.79 Å². The zero-order chi connectivity index (χ0) is 13.8. The van der Waals surface area contributed by atoms with Crippen LogP contribution in [-0.4, -0.2) is 43.0 Å². The molecule has 1 aliphatic heterocycles. The third kappa shape index (κ3) is 4.04. The van der Waals surface area contributed by atoms with Gasteiger partial charge in [0.15, 0.2) is 0 Å². The van der Waals surface area contributed by atoms with Crippen molar-refractivity contribution in [1.29, 1.82) is 0 Å². The van der Waals surface area contributed by atoms with Crippen LogP contribution in [0.5, 0.6) is 0 Å². The summed E-state index contributed by atoms with van der Waals surface area (Å²) in [5, 5.41) is 6.41. The highest BCUT2D eigenvalue weighted by molar-refractivity contribution is 5.94. The fraction of sp³-hybridized carbons (Fsp3) is 0.533. The van der Waals surface area contributed by atoms with Gasteiger partial charge < -0.3 is 15.5 Å². The first kappa shape index (κ1) is 14.0. The van der Waals surface area contributed by atoms with Gasteiger partial charge in [-0.3, -0.25) is 4.79 Å². The number of benzene rings is 1. The lowest BCUT2D eigenvalue weighted by molar-refractivity contribution is 0.0857. The predicted molar refractivity (Wildman–Crippen MR) is 77.2 cm³/mol. The zero-order valence-corrected chi connectivity index (χ0v) is 11.9. The highest BCUT2D eigenvalue weighted by Crippen LogP contribution is 2.08. The highest BCUT2D eigenvalue weighted by Gasteiger charge is 2.24. The van der Waals surface area contributed by atoms with E-state index in [0.29, 0.717) is 12.1 Å². The second kappa shape index (κ2) is 6.17. The third-order valence-electron chi connectivity index (χ3n) is 3.30. The van der Waals surface area contributed by atoms with Gasteiger partial charge in [0.05, 0.1) is 6.04 Å². The normalized spacial score (nSPS) is 16.4. The number of likely N-dealkylation sites (N-methyl/N-ethyl adjacent to an activating group) is 1. The van der Waals surface area contributed by atoms with Gasteiger partial charge in [-0.15, -0.1) is 0 Å². The van der Waals surface area contributed by atoms with E-state index in [-0.39, 0.29) is 5.91 Å². The van der Waals surface area contributed by atoms with Crippen LogP contribution >= 0.6 is 0 Å². The molecule has 104 valence electrons. The molecule has 0 spiro atoms. The summed E-state index contributed by atoms with van der Waals surface area (Å²) >= 11 is 0. The van der Waals surface area contributed by atoms with Crippen LogP contribution in [0.3, 0.4) is 0 Å². The summed E-state index contributed by atoms with van der Waals surface area (Å²) in [4.78, 5) is 14.3. The van der Waals surface area contributed by atoms with Gasteiger partial charge in [0.25, 0.3) is 5.91 Å². The minimum absolute atomic E-state index is 0.0319. The number of nitrogens with zero attached hydrogens (tertiary/aromatic N) is 1. The number of rotatable bonds is 5. The number of carbonyl (C=O) groups excluding carboxylic acids is 1. The number of hydrogen-bond acceptors (Lipinski definition) is 3. The molecule has 0 atom stereocenters. The molecule has 2 rings (SSSR count). The Morgan fingerprint density at radius 3 is 2.79 bits per heavy atom. The van der Waals surface area contributed by atoms with Gasteiger partial charge >= 0.3 is 0 Å². The Labute approximate surface area is 115 Å². The second-order valence-electron chi connectivity index (χ2n) is 5.63. The molecule has 0 unspecified atom stereocenters. The second-order valence-corrected chi connectivity index (χ2v) is 5.63. The van der Waals surface area contributed by atoms with Crippen molar-refractivity contribution < 1.29 is 4.79 Å². The van der Waals surface area contributed by atoms with Crippen molar-refractivity contribution in [2.75, 3.05) is 20.1 Å². The van der Waals surface area contributed by atoms with Crippen molar-refractivity contribution in [1.82, 2.24) is 15.5 Å². The SMILES string of the molecule is CC(C)NCc1cccc(C(=O)NC2CN(C)C2)c1. The summed E-state index contributed by atoms with van der Waals surface area (Å²) in [5.74, 6) is 0.0319. The van der Waals surface area contributed by atoms with Crippen molar-refractivity contribution in [3.8, 4) is 0 Å². The van der Waals surface area contributed by atoms with Gasteiger partial charge in [-0.05, 0) is 24.7 Å². The lowest BCUT2D eigenvalue weighted by atomic mass is 10.1. The van der Waals surface area contributed by atoms with Crippen molar-refractivity contribution in [3.05, 3.63) is 35.4 Å². The topological polar surface area (TPSA) is 44.4 Å². The van der Waals surface area contributed by atoms with E-state index in [1.807, 2.05) is 24.3 Å². The minimum atomic E-state index is 0.0319. The molecule has 0 bridgehead atoms. The predicted octanol–water partition coefficient (Wildman–Crippen LogP) is 1.23. The third-order valence-corrected chi connectivity index (χ3v) is 3.30. The quantitative estimate of drug-likeness (QED) is 0.838. The zero-order valence-electron chi connectivity index (χ0n) is 11.9. The molecule has 1 aromatic carbocycles. The summed E-state index contributed by atoms with van der Waals surface area (Å²) in [6.45, 7) is 6.92. The molecular formula is C15H23N3O. The molecule has 2 N–H and O–H groups in total. The number of amides is 1. The molecule has 1 fully saturated rings. The molecule has 1 heterocycles. The summed E-state index contributed by atoms with van der Waals surface area (Å²) in [7, 11) is 2.06. The summed E-state index contributed by atoms with van der Waals surface area (Å²) in [6.07, 6.45) is 0. The molecule has 19 heavy (non-hydrogen) atoms. The standard InChI is InChI=1S/C15H23N3O/c1-11(2)16-8-12-5-4-6-13(7-12)15(19)17-14-9-18(3)10-14/h4-7,11,14,16H,8-10H2,1-3H3,(H,17,19). The van der Waals surface area contributed by atoms with E-state index >= 15 is 0 Å². The first-order valence-electron chi connectivity index (χ1n) is 6.86. The lowest BCUT2D eigenvalue weighted by Gasteiger charge is -2.36. The number of likely N-dealkylation sites (tertiary alicyclic amines) is 1. The molecule has 1 aromatic rings. The van der Waals surface area contributed by atoms with Crippen LogP contribution in [0.4, 0.5) is 0 Å². The Balaban J connectivity index is 1.91. The van der Waals surface area contributed by atoms with Crippen molar-refractivity contribution in [3.63, 3.8) is 0 Å². The molecular weight excluding hydrogens is 238 g/mol. The van der Waals surface area contributed by atoms with Gasteiger partial charge in [0, 0.05) is 31.2 Å². The molecule has 0 aliphatic carbocycles. The maximum atomic E-state index is 12.1. The molecule has 0 aromatic heterocycles. The van der Waals surface area contributed by atoms with Crippen LogP contribution in [0, 0.1) is 0 Å². The summed E-state index contributed by atoms with van der Waals surface area (Å²) < 4.78 is 0. The van der Waals surface area contributed by atoms with Crippen molar-refractivity contribution in [2.24, 2.45) is 0 Å². The van der Waals surface area contributed by atoms with E-state index in [2.05, 4.69) is 36.4 Å². The summed E-state index contributed by atoms with van der Waals surface area (Å²) in [5.41, 5.74) is 1.89. The fourth-order valence-electron chi connectivity index (χ4n) is 2.20. The smallest absolute Gasteiger partial charge is 0.251 e. The lowest BCUT2D eigenvalue weighted by Crippen LogP contribution is -2.57. The number of nitrogens with one attached hydrogen (secondary N) is 2. The molecule has 1 saturated heterocycles. The van der Waals surface area contributed by atoms with Crippen molar-refractivity contribution in [2.45, 2.75) is 32.5 Å². The van der Waals surface area contributed by atoms with Gasteiger partial charge in [-0.1, -0.05) is 26.0 Å². The van der Waals surface area contributed by atoms with E-state index in [1.54, 1.807) is 0 Å². The van der Waals surface area contributed by atoms with E-state index in [1.165, 1.54) is 0 Å². The van der Waals surface area contributed by atoms with Gasteiger partial charge in [0.2, 0.25) is 0 Å². The molecule has 4 nitrogen and oxygen atoms in total. The van der Waals surface area contributed by atoms with Gasteiger partial charge in [0.1, 0.15) is 0 Å². The number of carbonyl (C=O) groups is 1. The Kier molecular flexibility index (Phi) is 4.56. The van der Waals surface area contributed by atoms with Crippen LogP contribution in [0.25, 0.3) is 0 Å². The Bertz CT molecular complexity index is 439. The largest absolute Gasteiger partial charge is 0.347 e. The van der Waals surface area contributed by atoms with Crippen LogP contribution in [-0.2, 0) is 6.54 Å². The minimum Gasteiger partial charge on any atom is -0.347 e. The molecule has 1 amide bonds. The van der Waals surface area contributed by atoms with E-state index in [4.69, 9.17) is 0 Å². The van der Waals surface area contributed by atoms with E-state index < -0.39 is 0 Å². The maximum Gasteiger partial charge on any atom is 0.251 e. The van der Waals surface area contributed by atoms with Crippen LogP contribution in [0.2, 0.25) is 0 Å². The van der Waals surface area contributed by atoms with Crippen LogP contribution < -0.4 is 10.6 Å². The Morgan fingerprint density at radius 2 is 2.16 bits per heavy atom. The monoisotopic (exact) mass is 261 g/mol. The first-order valence-corrected chi connectivity index (χ1v) is 6.86. The number of hydrogen-bond donors (Lipinski definition) is 2. The highest BCUT2D eigenvalue weighted by atomic mass is 16.1. The molecule has 0 saturated carbocycles. The van der Waals surface area contributed by atoms with E-state index in [0.717, 1.165) is 30.8 Å². The average molecular weight is 261 g/mol. The fourth-order valence-corrected chi connectivity index (χ4v) is 2.20. The maximum absolute atomic E-state index is 12.1. The van der Waals surface area contributed by atoms with Crippen LogP contribution in [0.15, 0.2) is 24.3 Å². The van der Waals surface area contributed by atoms with Crippen molar-refractivity contribution >= 4 is 5.91 Å². The Morgan fingerprint density at radius 1 is 1.42 bits per heavy atom. The molecule has 4 heteroatoms. The Hall–Kier alpha value is -1.39. The first-order chi connectivity index (χ1) is 9.04. The van der Waals surface area contributed by atoms with Crippen LogP contribution in [0.1, 0.15) is 29.8 Å².